The molecule has 18 heavy (non-hydrogen) atoms. The van der Waals surface area contributed by atoms with E-state index in [1.807, 2.05) is 0 Å². The maximum atomic E-state index is 12.0. The third-order valence-electron chi connectivity index (χ3n) is 4.42. The van der Waals surface area contributed by atoms with Gasteiger partial charge >= 0.3 is 5.97 Å². The first-order valence-corrected chi connectivity index (χ1v) is 9.35. The molecule has 104 valence electrons. The molecule has 1 fully saturated rings. The van der Waals surface area contributed by atoms with E-state index in [1.165, 1.54) is 25.7 Å². The highest BCUT2D eigenvalue weighted by molar-refractivity contribution is 6.79. The van der Waals surface area contributed by atoms with Crippen LogP contribution in [0.4, 0.5) is 0 Å². The van der Waals surface area contributed by atoms with Gasteiger partial charge in [0.25, 0.3) is 8.32 Å². The molecule has 0 saturated heterocycles. The molecular formula is C15H28O2Si. The summed E-state index contributed by atoms with van der Waals surface area (Å²) in [4.78, 5) is 12.0. The Morgan fingerprint density at radius 3 is 1.94 bits per heavy atom. The third-order valence-corrected chi connectivity index (χ3v) is 10.4. The molecule has 0 aromatic carbocycles. The van der Waals surface area contributed by atoms with Crippen molar-refractivity contribution in [2.75, 3.05) is 0 Å². The third kappa shape index (κ3) is 2.87. The van der Waals surface area contributed by atoms with Gasteiger partial charge in [-0.25, -0.2) is 4.79 Å². The van der Waals surface area contributed by atoms with Gasteiger partial charge in [0.1, 0.15) is 0 Å². The minimum absolute atomic E-state index is 0.170. The SMILES string of the molecule is C=C(C)C(=O)O[Si](C(C)C)(C(C)C)C1CCCC1. The van der Waals surface area contributed by atoms with Crippen molar-refractivity contribution in [1.29, 1.82) is 0 Å². The van der Waals surface area contributed by atoms with Gasteiger partial charge in [-0.3, -0.25) is 0 Å². The van der Waals surface area contributed by atoms with Crippen LogP contribution in [0, 0.1) is 0 Å². The average Bonchev–Trinajstić information content (AvgIpc) is 2.77. The van der Waals surface area contributed by atoms with E-state index < -0.39 is 8.32 Å². The predicted octanol–water partition coefficient (Wildman–Crippen LogP) is 4.82. The quantitative estimate of drug-likeness (QED) is 0.528. The van der Waals surface area contributed by atoms with Crippen LogP contribution in [0.25, 0.3) is 0 Å². The van der Waals surface area contributed by atoms with Crippen LogP contribution in [0.5, 0.6) is 0 Å². The normalized spacial score (nSPS) is 17.5. The Hall–Kier alpha value is -0.573. The average molecular weight is 268 g/mol. The minimum Gasteiger partial charge on any atom is -0.515 e. The molecule has 1 aliphatic rings. The summed E-state index contributed by atoms with van der Waals surface area (Å²) >= 11 is 0. The molecule has 0 aromatic heterocycles. The summed E-state index contributed by atoms with van der Waals surface area (Å²) < 4.78 is 6.11. The second kappa shape index (κ2) is 6.05. The van der Waals surface area contributed by atoms with Crippen molar-refractivity contribution < 1.29 is 9.22 Å². The van der Waals surface area contributed by atoms with Gasteiger partial charge in [-0.15, -0.1) is 0 Å². The van der Waals surface area contributed by atoms with E-state index in [-0.39, 0.29) is 5.97 Å². The Morgan fingerprint density at radius 1 is 1.17 bits per heavy atom. The number of carbonyl (C=O) groups is 1. The van der Waals surface area contributed by atoms with E-state index in [4.69, 9.17) is 4.43 Å². The van der Waals surface area contributed by atoms with Crippen LogP contribution >= 0.6 is 0 Å². The lowest BCUT2D eigenvalue weighted by Crippen LogP contribution is -2.50. The van der Waals surface area contributed by atoms with E-state index >= 15 is 0 Å². The van der Waals surface area contributed by atoms with Gasteiger partial charge < -0.3 is 4.43 Å². The Morgan fingerprint density at radius 2 is 1.61 bits per heavy atom. The number of hydrogen-bond donors (Lipinski definition) is 0. The fourth-order valence-corrected chi connectivity index (χ4v) is 9.22. The van der Waals surface area contributed by atoms with Gasteiger partial charge in [-0.05, 0) is 36.4 Å². The van der Waals surface area contributed by atoms with Gasteiger partial charge in [-0.2, -0.15) is 0 Å². The molecule has 0 amide bonds. The Labute approximate surface area is 113 Å². The Bertz CT molecular complexity index is 306. The van der Waals surface area contributed by atoms with Crippen molar-refractivity contribution in [2.24, 2.45) is 0 Å². The number of hydrogen-bond acceptors (Lipinski definition) is 2. The molecule has 0 bridgehead atoms. The zero-order chi connectivity index (χ0) is 13.9. The minimum atomic E-state index is -2.05. The second-order valence-corrected chi connectivity index (χ2v) is 11.4. The van der Waals surface area contributed by atoms with E-state index in [0.717, 1.165) is 0 Å². The maximum absolute atomic E-state index is 12.0. The molecule has 1 saturated carbocycles. The summed E-state index contributed by atoms with van der Waals surface area (Å²) in [6.45, 7) is 14.4. The number of carbonyl (C=O) groups excluding carboxylic acids is 1. The van der Waals surface area contributed by atoms with Crippen LogP contribution in [0.3, 0.4) is 0 Å². The molecule has 0 heterocycles. The summed E-state index contributed by atoms with van der Waals surface area (Å²) in [5, 5.41) is 0. The first-order valence-electron chi connectivity index (χ1n) is 7.21. The molecule has 3 heteroatoms. The van der Waals surface area contributed by atoms with Crippen molar-refractivity contribution in [1.82, 2.24) is 0 Å². The smallest absolute Gasteiger partial charge is 0.319 e. The van der Waals surface area contributed by atoms with Gasteiger partial charge in [0.2, 0.25) is 0 Å². The highest BCUT2D eigenvalue weighted by Gasteiger charge is 2.52. The molecule has 0 aromatic rings. The van der Waals surface area contributed by atoms with Crippen LogP contribution in [0.2, 0.25) is 16.6 Å². The zero-order valence-corrected chi connectivity index (χ0v) is 13.6. The molecular weight excluding hydrogens is 240 g/mol. The summed E-state index contributed by atoms with van der Waals surface area (Å²) in [6.07, 6.45) is 5.07. The topological polar surface area (TPSA) is 26.3 Å². The Balaban J connectivity index is 3.04. The summed E-state index contributed by atoms with van der Waals surface area (Å²) in [5.41, 5.74) is 2.12. The summed E-state index contributed by atoms with van der Waals surface area (Å²) in [5.74, 6) is -0.170. The largest absolute Gasteiger partial charge is 0.515 e. The van der Waals surface area contributed by atoms with Crippen LogP contribution in [0.15, 0.2) is 12.2 Å². The van der Waals surface area contributed by atoms with Gasteiger partial charge in [-0.1, -0.05) is 47.1 Å². The standard InChI is InChI=1S/C15H28O2Si/c1-11(2)15(16)17-18(12(3)4,13(5)6)14-9-7-8-10-14/h12-14H,1,7-10H2,2-6H3. The predicted molar refractivity (Wildman–Crippen MR) is 79.1 cm³/mol. The van der Waals surface area contributed by atoms with Crippen molar-refractivity contribution in [2.45, 2.75) is 76.9 Å². The fraction of sp³-hybridized carbons (Fsp3) is 0.800. The molecule has 2 nitrogen and oxygen atoms in total. The van der Waals surface area contributed by atoms with E-state index in [0.29, 0.717) is 22.2 Å². The monoisotopic (exact) mass is 268 g/mol. The van der Waals surface area contributed by atoms with E-state index in [1.54, 1.807) is 6.92 Å². The summed E-state index contributed by atoms with van der Waals surface area (Å²) in [7, 11) is -2.05. The van der Waals surface area contributed by atoms with Crippen LogP contribution in [-0.2, 0) is 9.22 Å². The van der Waals surface area contributed by atoms with Crippen LogP contribution in [-0.4, -0.2) is 14.3 Å². The maximum Gasteiger partial charge on any atom is 0.319 e. The molecule has 1 rings (SSSR count). The molecule has 0 spiro atoms. The van der Waals surface area contributed by atoms with Crippen LogP contribution < -0.4 is 0 Å². The second-order valence-electron chi connectivity index (χ2n) is 6.31. The molecule has 1 aliphatic carbocycles. The van der Waals surface area contributed by atoms with Crippen molar-refractivity contribution in [3.05, 3.63) is 12.2 Å². The lowest BCUT2D eigenvalue weighted by molar-refractivity contribution is -0.131. The van der Waals surface area contributed by atoms with Crippen molar-refractivity contribution in [3.8, 4) is 0 Å². The first-order chi connectivity index (χ1) is 8.32. The van der Waals surface area contributed by atoms with Crippen molar-refractivity contribution in [3.63, 3.8) is 0 Å². The lowest BCUT2D eigenvalue weighted by Gasteiger charge is -2.42. The molecule has 0 aliphatic heterocycles. The summed E-state index contributed by atoms with van der Waals surface area (Å²) in [6, 6.07) is 0. The highest BCUT2D eigenvalue weighted by Crippen LogP contribution is 2.50. The molecule has 0 radical (unpaired) electrons. The van der Waals surface area contributed by atoms with Gasteiger partial charge in [0.15, 0.2) is 0 Å². The molecule has 0 unspecified atom stereocenters. The fourth-order valence-electron chi connectivity index (χ4n) is 3.55. The first kappa shape index (κ1) is 15.5. The zero-order valence-electron chi connectivity index (χ0n) is 12.6. The number of rotatable bonds is 5. The Kier molecular flexibility index (Phi) is 5.20. The van der Waals surface area contributed by atoms with Crippen molar-refractivity contribution >= 4 is 14.3 Å². The highest BCUT2D eigenvalue weighted by atomic mass is 28.4. The van der Waals surface area contributed by atoms with Crippen LogP contribution in [0.1, 0.15) is 60.3 Å². The lowest BCUT2D eigenvalue weighted by atomic mass is 10.4. The van der Waals surface area contributed by atoms with E-state index in [2.05, 4.69) is 34.3 Å². The van der Waals surface area contributed by atoms with Gasteiger partial charge in [0, 0.05) is 5.57 Å². The van der Waals surface area contributed by atoms with E-state index in [9.17, 15) is 4.79 Å². The van der Waals surface area contributed by atoms with Gasteiger partial charge in [0.05, 0.1) is 0 Å². The molecule has 0 N–H and O–H groups in total. The molecule has 0 atom stereocenters.